The molecule has 7 nitrogen and oxygen atoms in total. The topological polar surface area (TPSA) is 131 Å². The standard InChI is InChI=1S/C41H32F6N2O5S2/c1-56(52,53)33-5-3-21(25-11-29(45)39(51)37(25)33)23-13-31(47)41(27-9-19(43)7-17(15-49)35(23)27)54-40-26-8-18(42)6-16(14-48)34(26)22(12-30(40)46)20-2-4-32(55)36-24(20)10-28(44)38(36)50/h2-9,22-23,28-31,38-41,50-51,55H,10-13H2,1H3/t22-,23-,28-,29-,30+,31+,38-,39-,40+,41-/m1/s1. The first-order valence-electron chi connectivity index (χ1n) is 17.8. The van der Waals surface area contributed by atoms with E-state index in [1.165, 1.54) is 18.2 Å². The number of sulfone groups is 1. The molecule has 0 aromatic heterocycles. The first-order valence-corrected chi connectivity index (χ1v) is 20.1. The van der Waals surface area contributed by atoms with E-state index < -0.39 is 95.3 Å². The van der Waals surface area contributed by atoms with Crippen molar-refractivity contribution in [1.82, 2.24) is 0 Å². The van der Waals surface area contributed by atoms with Crippen LogP contribution in [0.15, 0.2) is 58.3 Å². The number of benzene rings is 4. The third kappa shape index (κ3) is 6.02. The molecule has 0 saturated carbocycles. The van der Waals surface area contributed by atoms with Crippen LogP contribution >= 0.6 is 12.6 Å². The van der Waals surface area contributed by atoms with Crippen LogP contribution in [0.4, 0.5) is 26.3 Å². The van der Waals surface area contributed by atoms with Gasteiger partial charge in [0.1, 0.15) is 60.7 Å². The molecule has 0 fully saturated rings. The number of rotatable bonds is 5. The van der Waals surface area contributed by atoms with Crippen molar-refractivity contribution in [3.8, 4) is 12.1 Å². The predicted molar refractivity (Wildman–Crippen MR) is 192 cm³/mol. The van der Waals surface area contributed by atoms with Gasteiger partial charge in [-0.3, -0.25) is 0 Å². The van der Waals surface area contributed by atoms with Crippen molar-refractivity contribution >= 4 is 22.5 Å². The fourth-order valence-electron chi connectivity index (χ4n) is 9.47. The summed E-state index contributed by atoms with van der Waals surface area (Å²) in [5, 5.41) is 41.6. The van der Waals surface area contributed by atoms with Crippen molar-refractivity contribution in [1.29, 1.82) is 10.5 Å². The van der Waals surface area contributed by atoms with Crippen molar-refractivity contribution < 1.29 is 49.7 Å². The van der Waals surface area contributed by atoms with E-state index in [0.29, 0.717) is 16.0 Å². The molecule has 0 spiro atoms. The van der Waals surface area contributed by atoms with Gasteiger partial charge in [-0.15, -0.1) is 12.6 Å². The van der Waals surface area contributed by atoms with Crippen LogP contribution in [0.1, 0.15) is 116 Å². The summed E-state index contributed by atoms with van der Waals surface area (Å²) in [5.74, 6) is -3.91. The summed E-state index contributed by atoms with van der Waals surface area (Å²) < 4.78 is 125. The molecule has 4 aromatic rings. The number of hydrogen-bond acceptors (Lipinski definition) is 8. The Morgan fingerprint density at radius 3 is 1.59 bits per heavy atom. The number of nitriles is 2. The maximum absolute atomic E-state index is 16.8. The average molecular weight is 811 g/mol. The van der Waals surface area contributed by atoms with Crippen LogP contribution in [0.25, 0.3) is 0 Å². The minimum Gasteiger partial charge on any atom is -0.385 e. The molecular weight excluding hydrogens is 779 g/mol. The molecule has 2 N–H and O–H groups in total. The largest absolute Gasteiger partial charge is 0.385 e. The van der Waals surface area contributed by atoms with Gasteiger partial charge in [-0.05, 0) is 93.7 Å². The van der Waals surface area contributed by atoms with Crippen molar-refractivity contribution in [2.24, 2.45) is 0 Å². The maximum Gasteiger partial charge on any atom is 0.175 e. The molecule has 4 aromatic carbocycles. The number of ether oxygens (including phenoxy) is 1. The number of alkyl halides is 4. The van der Waals surface area contributed by atoms with E-state index in [2.05, 4.69) is 12.6 Å². The molecule has 8 rings (SSSR count). The molecule has 0 amide bonds. The molecule has 15 heteroatoms. The van der Waals surface area contributed by atoms with Crippen molar-refractivity contribution in [2.75, 3.05) is 6.26 Å². The lowest BCUT2D eigenvalue weighted by molar-refractivity contribution is -0.0984. The Bertz CT molecular complexity index is 2520. The van der Waals surface area contributed by atoms with Gasteiger partial charge in [-0.1, -0.05) is 12.1 Å². The number of aliphatic hydroxyl groups is 2. The van der Waals surface area contributed by atoms with E-state index in [-0.39, 0.29) is 73.4 Å². The number of thiol groups is 1. The normalized spacial score (nSPS) is 29.1. The SMILES string of the molecule is CS(=O)(=O)c1ccc([C@H]2C[C@H](F)[C@H](O[C@H]3c4cc(F)cc(C#N)c4[C@@H](c4ccc(S)c5c4C[C@@H](F)[C@H]5O)C[C@@H]3F)c3cc(F)cc(C#N)c32)c2c1[C@H](O)[C@H](F)C2. The smallest absolute Gasteiger partial charge is 0.175 e. The van der Waals surface area contributed by atoms with Gasteiger partial charge in [-0.25, -0.2) is 34.8 Å². The third-order valence-corrected chi connectivity index (χ3v) is 13.3. The highest BCUT2D eigenvalue weighted by Crippen LogP contribution is 2.55. The Balaban J connectivity index is 1.25. The Morgan fingerprint density at radius 1 is 0.679 bits per heavy atom. The summed E-state index contributed by atoms with van der Waals surface area (Å²) in [6, 6.07) is 13.3. The Labute approximate surface area is 323 Å². The first kappa shape index (κ1) is 38.5. The van der Waals surface area contributed by atoms with E-state index in [0.717, 1.165) is 30.5 Å². The van der Waals surface area contributed by atoms with E-state index in [1.807, 2.05) is 12.1 Å². The maximum atomic E-state index is 16.8. The highest BCUT2D eigenvalue weighted by atomic mass is 32.2. The average Bonchev–Trinajstić information content (AvgIpc) is 3.62. The molecule has 0 saturated heterocycles. The van der Waals surface area contributed by atoms with Gasteiger partial charge in [0.15, 0.2) is 9.84 Å². The Morgan fingerprint density at radius 2 is 1.12 bits per heavy atom. The zero-order chi connectivity index (χ0) is 40.1. The number of aliphatic hydroxyl groups excluding tert-OH is 2. The third-order valence-electron chi connectivity index (χ3n) is 11.7. The molecule has 0 radical (unpaired) electrons. The number of nitrogens with zero attached hydrogens (tertiary/aromatic N) is 2. The fourth-order valence-corrected chi connectivity index (χ4v) is 10.8. The molecule has 56 heavy (non-hydrogen) atoms. The molecule has 0 bridgehead atoms. The molecular formula is C41H32F6N2O5S2. The van der Waals surface area contributed by atoms with Crippen LogP contribution in [0.5, 0.6) is 0 Å². The first-order chi connectivity index (χ1) is 26.5. The Hall–Kier alpha value is -4.38. The second kappa shape index (κ2) is 13.9. The van der Waals surface area contributed by atoms with Gasteiger partial charge in [0.05, 0.1) is 28.2 Å². The summed E-state index contributed by atoms with van der Waals surface area (Å²) in [5.41, 5.74) is 0.652. The molecule has 290 valence electrons. The van der Waals surface area contributed by atoms with Gasteiger partial charge < -0.3 is 14.9 Å². The summed E-state index contributed by atoms with van der Waals surface area (Å²) in [4.78, 5) is 0.00579. The zero-order valence-electron chi connectivity index (χ0n) is 29.4. The van der Waals surface area contributed by atoms with Gasteiger partial charge >= 0.3 is 0 Å². The molecule has 4 aliphatic carbocycles. The predicted octanol–water partition coefficient (Wildman–Crippen LogP) is 7.80. The van der Waals surface area contributed by atoms with E-state index in [9.17, 15) is 33.5 Å². The number of hydrogen-bond donors (Lipinski definition) is 3. The molecule has 4 aliphatic rings. The second-order valence-electron chi connectivity index (χ2n) is 14.9. The van der Waals surface area contributed by atoms with Gasteiger partial charge in [0.25, 0.3) is 0 Å². The summed E-state index contributed by atoms with van der Waals surface area (Å²) in [6.45, 7) is 0. The summed E-state index contributed by atoms with van der Waals surface area (Å²) in [7, 11) is -3.95. The second-order valence-corrected chi connectivity index (χ2v) is 17.4. The van der Waals surface area contributed by atoms with Crippen LogP contribution in [0.3, 0.4) is 0 Å². The van der Waals surface area contributed by atoms with Gasteiger partial charge in [0, 0.05) is 47.0 Å². The quantitative estimate of drug-likeness (QED) is 0.139. The molecule has 0 heterocycles. The zero-order valence-corrected chi connectivity index (χ0v) is 31.1. The lowest BCUT2D eigenvalue weighted by atomic mass is 9.72. The van der Waals surface area contributed by atoms with Crippen LogP contribution in [0, 0.1) is 34.3 Å². The minimum atomic E-state index is -3.95. The highest BCUT2D eigenvalue weighted by Gasteiger charge is 2.48. The van der Waals surface area contributed by atoms with E-state index >= 15 is 22.0 Å². The van der Waals surface area contributed by atoms with Gasteiger partial charge in [0.2, 0.25) is 0 Å². The monoisotopic (exact) mass is 810 g/mol. The lowest BCUT2D eigenvalue weighted by Crippen LogP contribution is -2.35. The van der Waals surface area contributed by atoms with Crippen LogP contribution in [-0.4, -0.2) is 49.6 Å². The number of fused-ring (bicyclic) bond motifs is 4. The highest BCUT2D eigenvalue weighted by molar-refractivity contribution is 7.90. The molecule has 0 aliphatic heterocycles. The van der Waals surface area contributed by atoms with Crippen LogP contribution in [0.2, 0.25) is 0 Å². The number of halogens is 6. The van der Waals surface area contributed by atoms with E-state index in [1.54, 1.807) is 6.07 Å². The fraction of sp³-hybridized carbons (Fsp3) is 0.366. The van der Waals surface area contributed by atoms with Crippen LogP contribution in [-0.2, 0) is 27.4 Å². The summed E-state index contributed by atoms with van der Waals surface area (Å²) >= 11 is 4.38. The van der Waals surface area contributed by atoms with E-state index in [4.69, 9.17) is 4.74 Å². The van der Waals surface area contributed by atoms with Crippen molar-refractivity contribution in [3.63, 3.8) is 0 Å². The van der Waals surface area contributed by atoms with Crippen molar-refractivity contribution in [2.45, 2.75) is 96.4 Å². The van der Waals surface area contributed by atoms with Crippen molar-refractivity contribution in [3.05, 3.63) is 127 Å². The molecule has 10 atom stereocenters. The minimum absolute atomic E-state index is 0.0712. The molecule has 0 unspecified atom stereocenters. The van der Waals surface area contributed by atoms with Crippen LogP contribution < -0.4 is 0 Å². The Kier molecular flexibility index (Phi) is 9.57. The van der Waals surface area contributed by atoms with Gasteiger partial charge in [-0.2, -0.15) is 10.5 Å². The lowest BCUT2D eigenvalue weighted by Gasteiger charge is -2.41. The summed E-state index contributed by atoms with van der Waals surface area (Å²) in [6.07, 6.45) is -14.9.